The second-order valence-electron chi connectivity index (χ2n) is 5.20. The summed E-state index contributed by atoms with van der Waals surface area (Å²) in [6.45, 7) is 4.08. The summed E-state index contributed by atoms with van der Waals surface area (Å²) in [4.78, 5) is 0. The minimum Gasteiger partial charge on any atom is -0.497 e. The molecule has 3 rings (SSSR count). The van der Waals surface area contributed by atoms with Crippen molar-refractivity contribution in [1.82, 2.24) is 25.4 Å². The number of tetrazole rings is 1. The molecule has 7 nitrogen and oxygen atoms in total. The van der Waals surface area contributed by atoms with Crippen molar-refractivity contribution in [2.24, 2.45) is 0 Å². The Bertz CT molecular complexity index is 766. The molecule has 0 bridgehead atoms. The van der Waals surface area contributed by atoms with Gasteiger partial charge in [-0.25, -0.2) is 4.68 Å². The van der Waals surface area contributed by atoms with Gasteiger partial charge >= 0.3 is 0 Å². The number of nitrogens with zero attached hydrogens (tertiary/aromatic N) is 5. The molecule has 0 fully saturated rings. The van der Waals surface area contributed by atoms with Gasteiger partial charge in [-0.1, -0.05) is 16.9 Å². The largest absolute Gasteiger partial charge is 0.497 e. The third-order valence-electron chi connectivity index (χ3n) is 3.24. The van der Waals surface area contributed by atoms with E-state index in [0.29, 0.717) is 5.75 Å². The van der Waals surface area contributed by atoms with Crippen molar-refractivity contribution in [3.8, 4) is 17.0 Å². The predicted octanol–water partition coefficient (Wildman–Crippen LogP) is 3.21. The van der Waals surface area contributed by atoms with Crippen molar-refractivity contribution in [1.29, 1.82) is 0 Å². The number of aromatic nitrogens is 5. The summed E-state index contributed by atoms with van der Waals surface area (Å²) in [7, 11) is 1.64. The summed E-state index contributed by atoms with van der Waals surface area (Å²) in [6, 6.07) is 9.85. The van der Waals surface area contributed by atoms with Crippen LogP contribution in [0.3, 0.4) is 0 Å². The first-order valence-electron chi connectivity index (χ1n) is 7.18. The lowest BCUT2D eigenvalue weighted by Crippen LogP contribution is -2.04. The van der Waals surface area contributed by atoms with Gasteiger partial charge < -0.3 is 9.26 Å². The zero-order chi connectivity index (χ0) is 16.2. The van der Waals surface area contributed by atoms with E-state index >= 15 is 0 Å². The Morgan fingerprint density at radius 2 is 2.04 bits per heavy atom. The summed E-state index contributed by atoms with van der Waals surface area (Å²) in [6.07, 6.45) is 0. The molecule has 0 saturated carbocycles. The Hall–Kier alpha value is -2.35. The number of hydrogen-bond acceptors (Lipinski definition) is 7. The topological polar surface area (TPSA) is 78.9 Å². The molecule has 120 valence electrons. The van der Waals surface area contributed by atoms with Crippen LogP contribution < -0.4 is 4.74 Å². The maximum Gasteiger partial charge on any atom is 0.209 e. The first-order valence-corrected chi connectivity index (χ1v) is 8.16. The first kappa shape index (κ1) is 15.5. The third-order valence-corrected chi connectivity index (χ3v) is 4.20. The van der Waals surface area contributed by atoms with Crippen molar-refractivity contribution < 1.29 is 9.26 Å². The third kappa shape index (κ3) is 3.53. The normalized spacial score (nSPS) is 11.1. The van der Waals surface area contributed by atoms with Crippen molar-refractivity contribution in [2.45, 2.75) is 30.8 Å². The van der Waals surface area contributed by atoms with Crippen LogP contribution in [-0.2, 0) is 5.75 Å². The number of rotatable bonds is 6. The summed E-state index contributed by atoms with van der Waals surface area (Å²) < 4.78 is 12.3. The second-order valence-corrected chi connectivity index (χ2v) is 6.14. The predicted molar refractivity (Wildman–Crippen MR) is 86.3 cm³/mol. The van der Waals surface area contributed by atoms with Crippen LogP contribution in [0.2, 0.25) is 0 Å². The van der Waals surface area contributed by atoms with Gasteiger partial charge in [-0.15, -0.1) is 5.10 Å². The van der Waals surface area contributed by atoms with E-state index in [9.17, 15) is 0 Å². The minimum absolute atomic E-state index is 0.220. The number of methoxy groups -OCH3 is 1. The molecule has 0 amide bonds. The molecule has 8 heteroatoms. The molecule has 0 N–H and O–H groups in total. The SMILES string of the molecule is COc1ccc(-c2cc(CSc3nnnn3C(C)C)on2)cc1. The summed E-state index contributed by atoms with van der Waals surface area (Å²) in [5.41, 5.74) is 1.78. The molecule has 0 atom stereocenters. The fourth-order valence-electron chi connectivity index (χ4n) is 2.02. The standard InChI is InChI=1S/C15H17N5O2S/c1-10(2)20-15(16-18-19-20)23-9-13-8-14(17-22-13)11-4-6-12(21-3)7-5-11/h4-8,10H,9H2,1-3H3. The Labute approximate surface area is 138 Å². The maximum atomic E-state index is 5.39. The molecule has 2 aromatic heterocycles. The van der Waals surface area contributed by atoms with Gasteiger partial charge in [0.25, 0.3) is 0 Å². The Balaban J connectivity index is 1.68. The Morgan fingerprint density at radius 3 is 2.74 bits per heavy atom. The van der Waals surface area contributed by atoms with Crippen LogP contribution in [-0.4, -0.2) is 32.5 Å². The second kappa shape index (κ2) is 6.82. The highest BCUT2D eigenvalue weighted by Gasteiger charge is 2.12. The summed E-state index contributed by atoms with van der Waals surface area (Å²) in [5.74, 6) is 2.21. The fraction of sp³-hybridized carbons (Fsp3) is 0.333. The molecule has 0 saturated heterocycles. The average Bonchev–Trinajstić information content (AvgIpc) is 3.22. The summed E-state index contributed by atoms with van der Waals surface area (Å²) in [5, 5.41) is 16.6. The number of benzene rings is 1. The van der Waals surface area contributed by atoms with Gasteiger partial charge in [0, 0.05) is 11.6 Å². The van der Waals surface area contributed by atoms with Gasteiger partial charge in [-0.2, -0.15) is 0 Å². The van der Waals surface area contributed by atoms with Crippen LogP contribution in [0.5, 0.6) is 5.75 Å². The van der Waals surface area contributed by atoms with Crippen molar-refractivity contribution in [3.63, 3.8) is 0 Å². The van der Waals surface area contributed by atoms with Crippen LogP contribution in [0.4, 0.5) is 0 Å². The van der Waals surface area contributed by atoms with Gasteiger partial charge in [-0.05, 0) is 48.5 Å². The van der Waals surface area contributed by atoms with Gasteiger partial charge in [0.2, 0.25) is 5.16 Å². The quantitative estimate of drug-likeness (QED) is 0.642. The molecule has 0 unspecified atom stereocenters. The monoisotopic (exact) mass is 331 g/mol. The molecule has 1 aromatic carbocycles. The van der Waals surface area contributed by atoms with E-state index in [-0.39, 0.29) is 6.04 Å². The van der Waals surface area contributed by atoms with E-state index < -0.39 is 0 Å². The minimum atomic E-state index is 0.220. The first-order chi connectivity index (χ1) is 11.2. The van der Waals surface area contributed by atoms with Crippen molar-refractivity contribution in [2.75, 3.05) is 7.11 Å². The molecule has 3 aromatic rings. The maximum absolute atomic E-state index is 5.39. The van der Waals surface area contributed by atoms with Crippen molar-refractivity contribution >= 4 is 11.8 Å². The van der Waals surface area contributed by atoms with E-state index in [2.05, 4.69) is 20.7 Å². The van der Waals surface area contributed by atoms with E-state index in [1.807, 2.05) is 44.2 Å². The molecule has 0 aliphatic heterocycles. The van der Waals surface area contributed by atoms with Crippen LogP contribution in [0, 0.1) is 0 Å². The van der Waals surface area contributed by atoms with Gasteiger partial charge in [0.05, 0.1) is 18.9 Å². The molecular weight excluding hydrogens is 314 g/mol. The van der Waals surface area contributed by atoms with E-state index in [0.717, 1.165) is 27.9 Å². The van der Waals surface area contributed by atoms with Crippen LogP contribution in [0.25, 0.3) is 11.3 Å². The number of hydrogen-bond donors (Lipinski definition) is 0. The van der Waals surface area contributed by atoms with Crippen molar-refractivity contribution in [3.05, 3.63) is 36.1 Å². The molecular formula is C15H17N5O2S. The lowest BCUT2D eigenvalue weighted by molar-refractivity contribution is 0.397. The lowest BCUT2D eigenvalue weighted by Gasteiger charge is -2.05. The van der Waals surface area contributed by atoms with E-state index in [4.69, 9.17) is 9.26 Å². The average molecular weight is 331 g/mol. The molecule has 23 heavy (non-hydrogen) atoms. The molecule has 2 heterocycles. The Kier molecular flexibility index (Phi) is 4.61. The van der Waals surface area contributed by atoms with Gasteiger partial charge in [0.15, 0.2) is 0 Å². The van der Waals surface area contributed by atoms with Crippen LogP contribution >= 0.6 is 11.8 Å². The Morgan fingerprint density at radius 1 is 1.26 bits per heavy atom. The van der Waals surface area contributed by atoms with Gasteiger partial charge in [-0.3, -0.25) is 0 Å². The molecule has 0 radical (unpaired) electrons. The van der Waals surface area contributed by atoms with Crippen LogP contribution in [0.1, 0.15) is 25.6 Å². The number of ether oxygens (including phenoxy) is 1. The molecule has 0 aliphatic carbocycles. The van der Waals surface area contributed by atoms with Gasteiger partial charge in [0.1, 0.15) is 17.2 Å². The highest BCUT2D eigenvalue weighted by atomic mass is 32.2. The van der Waals surface area contributed by atoms with Crippen LogP contribution in [0.15, 0.2) is 40.0 Å². The van der Waals surface area contributed by atoms with E-state index in [1.54, 1.807) is 11.8 Å². The molecule has 0 aliphatic rings. The highest BCUT2D eigenvalue weighted by Crippen LogP contribution is 2.26. The van der Waals surface area contributed by atoms with E-state index in [1.165, 1.54) is 11.8 Å². The smallest absolute Gasteiger partial charge is 0.209 e. The fourth-order valence-corrected chi connectivity index (χ4v) is 2.90. The highest BCUT2D eigenvalue weighted by molar-refractivity contribution is 7.98. The zero-order valence-corrected chi connectivity index (χ0v) is 13.9. The lowest BCUT2D eigenvalue weighted by atomic mass is 10.1. The summed E-state index contributed by atoms with van der Waals surface area (Å²) >= 11 is 1.52. The zero-order valence-electron chi connectivity index (χ0n) is 13.1. The molecule has 0 spiro atoms. The number of thioether (sulfide) groups is 1.